The zero-order chi connectivity index (χ0) is 14.1. The van der Waals surface area contributed by atoms with Gasteiger partial charge in [0, 0.05) is 11.9 Å². The fraction of sp³-hybridized carbons (Fsp3) is 0. The number of hydrogen-bond acceptors (Lipinski definition) is 6. The monoisotopic (exact) mass is 302 g/mol. The van der Waals surface area contributed by atoms with Crippen LogP contribution >= 0.6 is 23.1 Å². The van der Waals surface area contributed by atoms with Crippen LogP contribution in [0.2, 0.25) is 0 Å². The van der Waals surface area contributed by atoms with Gasteiger partial charge in [0.15, 0.2) is 4.34 Å². The van der Waals surface area contributed by atoms with E-state index in [1.54, 1.807) is 23.5 Å². The molecule has 0 fully saturated rings. The average molecular weight is 302 g/mol. The number of benzene rings is 1. The van der Waals surface area contributed by atoms with Gasteiger partial charge in [0.25, 0.3) is 0 Å². The minimum Gasteiger partial charge on any atom is -0.399 e. The van der Waals surface area contributed by atoms with Crippen LogP contribution in [0.25, 0.3) is 10.2 Å². The third-order valence-corrected chi connectivity index (χ3v) is 4.63. The Morgan fingerprint density at radius 2 is 2.10 bits per heavy atom. The summed E-state index contributed by atoms with van der Waals surface area (Å²) in [5, 5.41) is 0.766. The molecule has 5 nitrogen and oxygen atoms in total. The summed E-state index contributed by atoms with van der Waals surface area (Å²) < 4.78 is 1.92. The van der Waals surface area contributed by atoms with Crippen LogP contribution in [0.3, 0.4) is 0 Å². The molecule has 3 rings (SSSR count). The molecule has 0 saturated carbocycles. The van der Waals surface area contributed by atoms with Crippen LogP contribution in [-0.2, 0) is 0 Å². The first-order chi connectivity index (χ1) is 9.61. The van der Waals surface area contributed by atoms with Crippen molar-refractivity contribution >= 4 is 44.9 Å². The summed E-state index contributed by atoms with van der Waals surface area (Å²) in [5.74, 6) is -0.482. The highest BCUT2D eigenvalue weighted by atomic mass is 32.2. The Morgan fingerprint density at radius 1 is 1.25 bits per heavy atom. The molecule has 0 aliphatic heterocycles. The van der Waals surface area contributed by atoms with E-state index in [1.165, 1.54) is 18.0 Å². The van der Waals surface area contributed by atoms with Crippen LogP contribution in [-0.4, -0.2) is 15.9 Å². The lowest BCUT2D eigenvalue weighted by Gasteiger charge is -1.97. The van der Waals surface area contributed by atoms with Crippen molar-refractivity contribution in [3.05, 3.63) is 42.1 Å². The van der Waals surface area contributed by atoms with Gasteiger partial charge < -0.3 is 11.5 Å². The smallest absolute Gasteiger partial charge is 0.250 e. The number of thiazole rings is 1. The molecule has 0 bridgehead atoms. The Morgan fingerprint density at radius 3 is 2.80 bits per heavy atom. The fourth-order valence-electron chi connectivity index (χ4n) is 1.64. The van der Waals surface area contributed by atoms with Crippen LogP contribution in [0.15, 0.2) is 45.9 Å². The van der Waals surface area contributed by atoms with Crippen LogP contribution in [0.4, 0.5) is 5.69 Å². The maximum Gasteiger partial charge on any atom is 0.250 e. The lowest BCUT2D eigenvalue weighted by molar-refractivity contribution is 0.1000. The van der Waals surface area contributed by atoms with Crippen molar-refractivity contribution in [1.82, 2.24) is 9.97 Å². The second-order valence-corrected chi connectivity index (χ2v) is 6.36. The van der Waals surface area contributed by atoms with Crippen molar-refractivity contribution in [2.75, 3.05) is 5.73 Å². The number of carbonyl (C=O) groups excluding carboxylic acids is 1. The Kier molecular flexibility index (Phi) is 3.29. The number of amides is 1. The minimum atomic E-state index is -0.482. The number of aromatic nitrogens is 2. The Labute approximate surface area is 123 Å². The molecule has 0 saturated heterocycles. The molecule has 20 heavy (non-hydrogen) atoms. The van der Waals surface area contributed by atoms with Gasteiger partial charge in [-0.3, -0.25) is 4.79 Å². The highest BCUT2D eigenvalue weighted by Gasteiger charge is 2.08. The Bertz CT molecular complexity index is 783. The maximum atomic E-state index is 11.0. The summed E-state index contributed by atoms with van der Waals surface area (Å²) in [4.78, 5) is 19.7. The molecule has 0 spiro atoms. The van der Waals surface area contributed by atoms with Crippen molar-refractivity contribution in [2.24, 2.45) is 5.73 Å². The fourth-order valence-corrected chi connectivity index (χ4v) is 3.64. The number of primary amides is 1. The number of fused-ring (bicyclic) bond motifs is 1. The van der Waals surface area contributed by atoms with Crippen LogP contribution in [0, 0.1) is 0 Å². The van der Waals surface area contributed by atoms with Gasteiger partial charge in [0.05, 0.1) is 15.8 Å². The lowest BCUT2D eigenvalue weighted by Crippen LogP contribution is -2.10. The van der Waals surface area contributed by atoms with Crippen molar-refractivity contribution in [1.29, 1.82) is 0 Å². The summed E-state index contributed by atoms with van der Waals surface area (Å²) in [7, 11) is 0. The van der Waals surface area contributed by atoms with Crippen LogP contribution in [0.5, 0.6) is 0 Å². The molecule has 4 N–H and O–H groups in total. The molecule has 1 amide bonds. The number of carbonyl (C=O) groups is 1. The van der Waals surface area contributed by atoms with E-state index < -0.39 is 5.91 Å². The molecule has 2 aromatic heterocycles. The van der Waals surface area contributed by atoms with E-state index in [2.05, 4.69) is 9.97 Å². The van der Waals surface area contributed by atoms with Crippen molar-refractivity contribution in [2.45, 2.75) is 9.37 Å². The normalized spacial score (nSPS) is 10.8. The van der Waals surface area contributed by atoms with E-state index in [0.717, 1.165) is 25.3 Å². The summed E-state index contributed by atoms with van der Waals surface area (Å²) >= 11 is 3.00. The molecule has 0 aliphatic carbocycles. The lowest BCUT2D eigenvalue weighted by atomic mass is 10.3. The number of nitrogens with two attached hydrogens (primary N) is 2. The van der Waals surface area contributed by atoms with E-state index in [1.807, 2.05) is 18.2 Å². The van der Waals surface area contributed by atoms with Gasteiger partial charge in [-0.05, 0) is 42.1 Å². The number of hydrogen-bond donors (Lipinski definition) is 2. The van der Waals surface area contributed by atoms with E-state index in [-0.39, 0.29) is 0 Å². The van der Waals surface area contributed by atoms with Gasteiger partial charge >= 0.3 is 0 Å². The van der Waals surface area contributed by atoms with E-state index >= 15 is 0 Å². The maximum absolute atomic E-state index is 11.0. The predicted octanol–water partition coefficient (Wildman–Crippen LogP) is 2.52. The average Bonchev–Trinajstić information content (AvgIpc) is 2.80. The molecule has 0 radical (unpaired) electrons. The van der Waals surface area contributed by atoms with Crippen molar-refractivity contribution in [3.63, 3.8) is 0 Å². The number of rotatable bonds is 3. The topological polar surface area (TPSA) is 94.9 Å². The number of anilines is 1. The van der Waals surface area contributed by atoms with Gasteiger partial charge in [0.1, 0.15) is 5.03 Å². The van der Waals surface area contributed by atoms with Gasteiger partial charge in [-0.1, -0.05) is 0 Å². The van der Waals surface area contributed by atoms with Gasteiger partial charge in [-0.25, -0.2) is 9.97 Å². The molecule has 3 aromatic rings. The molecule has 0 atom stereocenters. The van der Waals surface area contributed by atoms with E-state index in [4.69, 9.17) is 11.5 Å². The third kappa shape index (κ3) is 2.59. The van der Waals surface area contributed by atoms with E-state index in [0.29, 0.717) is 5.56 Å². The quantitative estimate of drug-likeness (QED) is 0.725. The molecule has 0 aliphatic rings. The van der Waals surface area contributed by atoms with Crippen LogP contribution < -0.4 is 11.5 Å². The number of pyridine rings is 1. The zero-order valence-electron chi connectivity index (χ0n) is 10.2. The first kappa shape index (κ1) is 12.9. The molecule has 7 heteroatoms. The highest BCUT2D eigenvalue weighted by molar-refractivity contribution is 8.01. The SMILES string of the molecule is NC(=O)c1ccc(Sc2nc3ccc(N)cc3s2)nc1. The van der Waals surface area contributed by atoms with E-state index in [9.17, 15) is 4.79 Å². The van der Waals surface area contributed by atoms with Gasteiger partial charge in [-0.2, -0.15) is 0 Å². The molecule has 1 aromatic carbocycles. The summed E-state index contributed by atoms with van der Waals surface area (Å²) in [6, 6.07) is 9.04. The highest BCUT2D eigenvalue weighted by Crippen LogP contribution is 2.34. The van der Waals surface area contributed by atoms with Crippen molar-refractivity contribution in [3.8, 4) is 0 Å². The molecule has 2 heterocycles. The Balaban J connectivity index is 1.87. The molecule has 0 unspecified atom stereocenters. The summed E-state index contributed by atoms with van der Waals surface area (Å²) in [5.41, 5.74) is 13.0. The van der Waals surface area contributed by atoms with Crippen LogP contribution in [0.1, 0.15) is 10.4 Å². The Hall–Kier alpha value is -2.12. The second kappa shape index (κ2) is 5.10. The molecule has 100 valence electrons. The first-order valence-corrected chi connectivity index (χ1v) is 7.35. The summed E-state index contributed by atoms with van der Waals surface area (Å²) in [6.45, 7) is 0. The summed E-state index contributed by atoms with van der Waals surface area (Å²) in [6.07, 6.45) is 1.47. The van der Waals surface area contributed by atoms with Gasteiger partial charge in [0.2, 0.25) is 5.91 Å². The minimum absolute atomic E-state index is 0.395. The largest absolute Gasteiger partial charge is 0.399 e. The zero-order valence-corrected chi connectivity index (χ0v) is 11.9. The first-order valence-electron chi connectivity index (χ1n) is 5.71. The third-order valence-electron chi connectivity index (χ3n) is 2.61. The second-order valence-electron chi connectivity index (χ2n) is 4.06. The number of nitrogen functional groups attached to an aromatic ring is 1. The molecular weight excluding hydrogens is 292 g/mol. The predicted molar refractivity (Wildman–Crippen MR) is 80.9 cm³/mol. The standard InChI is InChI=1S/C13H10N4OS2/c14-8-2-3-9-10(5-8)19-13(17-9)20-11-4-1-7(6-16-11)12(15)18/h1-6H,14H2,(H2,15,18). The van der Waals surface area contributed by atoms with Crippen molar-refractivity contribution < 1.29 is 4.79 Å². The molecular formula is C13H10N4OS2. The van der Waals surface area contributed by atoms with Gasteiger partial charge in [-0.15, -0.1) is 11.3 Å². The number of nitrogens with zero attached hydrogens (tertiary/aromatic N) is 2.